The van der Waals surface area contributed by atoms with E-state index in [0.717, 1.165) is 21.2 Å². The van der Waals surface area contributed by atoms with Crippen LogP contribution in [0.25, 0.3) is 11.4 Å². The molecule has 0 bridgehead atoms. The molecule has 0 unspecified atom stereocenters. The van der Waals surface area contributed by atoms with Gasteiger partial charge in [0.15, 0.2) is 11.0 Å². The number of thioether (sulfide) groups is 1. The van der Waals surface area contributed by atoms with Gasteiger partial charge in [0, 0.05) is 22.1 Å². The van der Waals surface area contributed by atoms with Gasteiger partial charge in [-0.05, 0) is 37.1 Å². The zero-order valence-electron chi connectivity index (χ0n) is 18.2. The molecule has 0 fully saturated rings. The van der Waals surface area contributed by atoms with Crippen molar-refractivity contribution in [2.45, 2.75) is 25.0 Å². The molecular weight excluding hydrogens is 502 g/mol. The zero-order chi connectivity index (χ0) is 23.8. The first-order chi connectivity index (χ1) is 15.9. The smallest absolute Gasteiger partial charge is 0.250 e. The summed E-state index contributed by atoms with van der Waals surface area (Å²) in [5, 5.41) is 23.4. The van der Waals surface area contributed by atoms with E-state index in [1.165, 1.54) is 18.0 Å². The van der Waals surface area contributed by atoms with Crippen LogP contribution in [0, 0.1) is 0 Å². The predicted octanol–water partition coefficient (Wildman–Crippen LogP) is 4.96. The summed E-state index contributed by atoms with van der Waals surface area (Å²) < 4.78 is 2.92. The molecule has 0 aliphatic heterocycles. The van der Waals surface area contributed by atoms with Crippen molar-refractivity contribution in [2.75, 3.05) is 5.75 Å². The van der Waals surface area contributed by atoms with Crippen LogP contribution in [0.1, 0.15) is 18.1 Å². The van der Waals surface area contributed by atoms with Crippen molar-refractivity contribution in [3.63, 3.8) is 0 Å². The third-order valence-corrected chi connectivity index (χ3v) is 5.98. The molecule has 33 heavy (non-hydrogen) atoms. The first kappa shape index (κ1) is 24.5. The number of allylic oxidation sites excluding steroid dienone is 2. The number of para-hydroxylation sites is 1. The Morgan fingerprint density at radius 1 is 1.27 bits per heavy atom. The number of phenolic OH excluding ortho intramolecular Hbond substituents is 1. The molecule has 1 heterocycles. The number of aromatic hydroxyl groups is 1. The highest BCUT2D eigenvalue weighted by molar-refractivity contribution is 9.10. The van der Waals surface area contributed by atoms with Gasteiger partial charge in [-0.25, -0.2) is 5.43 Å². The van der Waals surface area contributed by atoms with Gasteiger partial charge in [0.05, 0.1) is 12.0 Å². The van der Waals surface area contributed by atoms with Gasteiger partial charge in [0.25, 0.3) is 5.91 Å². The standard InChI is InChI=1S/C24H24BrN5O2S/c1-4-6-17-7-5-8-19(22(17)32)13-26-27-21(31)15-33-24-29-28-23(30(24)14-16(2)3)18-9-11-20(25)12-10-18/h4-5,7-13,32H,1-2,6,14-15H2,3H3,(H,27,31)/b26-13-. The fraction of sp³-hybridized carbons (Fsp3) is 0.167. The molecule has 7 nitrogen and oxygen atoms in total. The van der Waals surface area contributed by atoms with Crippen molar-refractivity contribution in [2.24, 2.45) is 5.10 Å². The quantitative estimate of drug-likeness (QED) is 0.169. The highest BCUT2D eigenvalue weighted by atomic mass is 79.9. The monoisotopic (exact) mass is 525 g/mol. The summed E-state index contributed by atoms with van der Waals surface area (Å²) in [6, 6.07) is 13.1. The Balaban J connectivity index is 1.66. The maximum atomic E-state index is 12.3. The second-order valence-electron chi connectivity index (χ2n) is 7.29. The number of amides is 1. The molecule has 0 saturated heterocycles. The van der Waals surface area contributed by atoms with Crippen molar-refractivity contribution in [1.82, 2.24) is 20.2 Å². The molecule has 0 saturated carbocycles. The maximum absolute atomic E-state index is 12.3. The third kappa shape index (κ3) is 6.66. The molecule has 2 aromatic carbocycles. The fourth-order valence-electron chi connectivity index (χ4n) is 2.99. The molecule has 1 amide bonds. The van der Waals surface area contributed by atoms with Crippen molar-refractivity contribution in [3.05, 3.63) is 82.9 Å². The number of rotatable bonds is 10. The third-order valence-electron chi connectivity index (χ3n) is 4.49. The van der Waals surface area contributed by atoms with E-state index in [-0.39, 0.29) is 17.4 Å². The van der Waals surface area contributed by atoms with Crippen molar-refractivity contribution >= 4 is 39.8 Å². The number of hydrogen-bond acceptors (Lipinski definition) is 6. The van der Waals surface area contributed by atoms with E-state index in [9.17, 15) is 9.90 Å². The minimum absolute atomic E-state index is 0.106. The summed E-state index contributed by atoms with van der Waals surface area (Å²) in [7, 11) is 0. The van der Waals surface area contributed by atoms with E-state index in [2.05, 4.69) is 49.8 Å². The lowest BCUT2D eigenvalue weighted by Gasteiger charge is -2.10. The molecule has 3 rings (SSSR count). The Morgan fingerprint density at radius 3 is 2.73 bits per heavy atom. The summed E-state index contributed by atoms with van der Waals surface area (Å²) in [6.07, 6.45) is 3.67. The summed E-state index contributed by atoms with van der Waals surface area (Å²) in [4.78, 5) is 12.3. The summed E-state index contributed by atoms with van der Waals surface area (Å²) in [6.45, 7) is 10.1. The van der Waals surface area contributed by atoms with E-state index >= 15 is 0 Å². The van der Waals surface area contributed by atoms with E-state index < -0.39 is 0 Å². The normalized spacial score (nSPS) is 11.0. The second kappa shape index (κ2) is 11.6. The van der Waals surface area contributed by atoms with Crippen LogP contribution in [0.15, 0.2) is 82.0 Å². The molecule has 0 atom stereocenters. The number of aromatic nitrogens is 3. The van der Waals surface area contributed by atoms with Crippen molar-refractivity contribution in [1.29, 1.82) is 0 Å². The number of benzene rings is 2. The van der Waals surface area contributed by atoms with E-state index in [0.29, 0.717) is 29.5 Å². The van der Waals surface area contributed by atoms with Crippen LogP contribution in [0.2, 0.25) is 0 Å². The number of nitrogens with zero attached hydrogens (tertiary/aromatic N) is 4. The van der Waals surface area contributed by atoms with Crippen LogP contribution in [0.3, 0.4) is 0 Å². The molecule has 0 aliphatic rings. The van der Waals surface area contributed by atoms with Crippen molar-refractivity contribution in [3.8, 4) is 17.1 Å². The SMILES string of the molecule is C=CCc1cccc(/C=N\NC(=O)CSc2nnc(-c3ccc(Br)cc3)n2CC(=C)C)c1O. The van der Waals surface area contributed by atoms with Crippen LogP contribution in [0.4, 0.5) is 0 Å². The Hall–Kier alpha value is -3.17. The molecule has 1 aromatic heterocycles. The van der Waals surface area contributed by atoms with Crippen LogP contribution in [-0.4, -0.2) is 37.7 Å². The minimum Gasteiger partial charge on any atom is -0.507 e. The number of hydrogen-bond donors (Lipinski definition) is 2. The van der Waals surface area contributed by atoms with Crippen LogP contribution >= 0.6 is 27.7 Å². The van der Waals surface area contributed by atoms with Gasteiger partial charge >= 0.3 is 0 Å². The van der Waals surface area contributed by atoms with Crippen molar-refractivity contribution < 1.29 is 9.90 Å². The largest absolute Gasteiger partial charge is 0.507 e. The Kier molecular flexibility index (Phi) is 8.62. The second-order valence-corrected chi connectivity index (χ2v) is 9.14. The molecule has 170 valence electrons. The van der Waals surface area contributed by atoms with E-state index in [1.54, 1.807) is 12.1 Å². The van der Waals surface area contributed by atoms with Crippen LogP contribution in [-0.2, 0) is 17.8 Å². The first-order valence-corrected chi connectivity index (χ1v) is 11.9. The average molecular weight is 526 g/mol. The lowest BCUT2D eigenvalue weighted by Crippen LogP contribution is -2.20. The predicted molar refractivity (Wildman–Crippen MR) is 136 cm³/mol. The van der Waals surface area contributed by atoms with Gasteiger partial charge in [-0.2, -0.15) is 5.10 Å². The zero-order valence-corrected chi connectivity index (χ0v) is 20.6. The number of carbonyl (C=O) groups is 1. The molecule has 0 radical (unpaired) electrons. The number of nitrogens with one attached hydrogen (secondary N) is 1. The van der Waals surface area contributed by atoms with E-state index in [1.807, 2.05) is 47.9 Å². The first-order valence-electron chi connectivity index (χ1n) is 10.1. The number of hydrazone groups is 1. The lowest BCUT2D eigenvalue weighted by molar-refractivity contribution is -0.118. The van der Waals surface area contributed by atoms with Gasteiger partial charge in [0.2, 0.25) is 0 Å². The van der Waals surface area contributed by atoms with E-state index in [4.69, 9.17) is 0 Å². The van der Waals surface area contributed by atoms with Gasteiger partial charge in [-0.1, -0.05) is 70.2 Å². The molecule has 9 heteroatoms. The number of halogens is 1. The molecule has 0 aliphatic carbocycles. The van der Waals surface area contributed by atoms with Crippen LogP contribution in [0.5, 0.6) is 5.75 Å². The molecular formula is C24H24BrN5O2S. The average Bonchev–Trinajstić information content (AvgIpc) is 3.17. The lowest BCUT2D eigenvalue weighted by atomic mass is 10.1. The number of carbonyl (C=O) groups excluding carboxylic acids is 1. The topological polar surface area (TPSA) is 92.4 Å². The van der Waals surface area contributed by atoms with Gasteiger partial charge in [-0.15, -0.1) is 16.8 Å². The van der Waals surface area contributed by atoms with Gasteiger partial charge in [-0.3, -0.25) is 9.36 Å². The summed E-state index contributed by atoms with van der Waals surface area (Å²) >= 11 is 4.70. The summed E-state index contributed by atoms with van der Waals surface area (Å²) in [5.74, 6) is 0.640. The van der Waals surface area contributed by atoms with Crippen LogP contribution < -0.4 is 5.43 Å². The van der Waals surface area contributed by atoms with Gasteiger partial charge < -0.3 is 5.11 Å². The van der Waals surface area contributed by atoms with Gasteiger partial charge in [0.1, 0.15) is 5.75 Å². The molecule has 3 aromatic rings. The maximum Gasteiger partial charge on any atom is 0.250 e. The minimum atomic E-state index is -0.298. The Labute approximate surface area is 205 Å². The highest BCUT2D eigenvalue weighted by Gasteiger charge is 2.16. The highest BCUT2D eigenvalue weighted by Crippen LogP contribution is 2.26. The Bertz CT molecular complexity index is 1190. The number of phenols is 1. The molecule has 0 spiro atoms. The summed E-state index contributed by atoms with van der Waals surface area (Å²) in [5.41, 5.74) is 5.61. The Morgan fingerprint density at radius 2 is 2.03 bits per heavy atom. The fourth-order valence-corrected chi connectivity index (χ4v) is 3.99. The molecule has 2 N–H and O–H groups in total.